The van der Waals surface area contributed by atoms with Crippen molar-refractivity contribution in [2.45, 2.75) is 58.0 Å². The summed E-state index contributed by atoms with van der Waals surface area (Å²) in [7, 11) is 1.86. The molecule has 0 bridgehead atoms. The molecule has 0 heterocycles. The molecule has 0 aromatic rings. The molecule has 0 saturated heterocycles. The molecule has 1 rings (SSSR count). The summed E-state index contributed by atoms with van der Waals surface area (Å²) in [4.78, 5) is 11.9. The Bertz CT molecular complexity index is 203. The highest BCUT2D eigenvalue weighted by atomic mass is 35.5. The number of amides is 1. The van der Waals surface area contributed by atoms with E-state index in [0.717, 1.165) is 19.3 Å². The summed E-state index contributed by atoms with van der Waals surface area (Å²) in [5.74, 6) is 0.731. The van der Waals surface area contributed by atoms with Crippen LogP contribution in [0.15, 0.2) is 0 Å². The minimum absolute atomic E-state index is 0. The molecular weight excluding hydrogens is 224 g/mol. The molecule has 16 heavy (non-hydrogen) atoms. The average Bonchev–Trinajstić information content (AvgIpc) is 2.66. The largest absolute Gasteiger partial charge is 0.352 e. The molecular formula is C12H25ClN2O. The zero-order chi connectivity index (χ0) is 11.3. The van der Waals surface area contributed by atoms with Gasteiger partial charge in [0.15, 0.2) is 0 Å². The summed E-state index contributed by atoms with van der Waals surface area (Å²) in [6.45, 7) is 4.29. The summed E-state index contributed by atoms with van der Waals surface area (Å²) in [5, 5.41) is 6.23. The second-order valence-corrected chi connectivity index (χ2v) is 4.96. The van der Waals surface area contributed by atoms with Crippen LogP contribution in [0.4, 0.5) is 0 Å². The van der Waals surface area contributed by atoms with Gasteiger partial charge in [-0.25, -0.2) is 0 Å². The van der Waals surface area contributed by atoms with E-state index in [9.17, 15) is 4.79 Å². The Balaban J connectivity index is 0.00000225. The second kappa shape index (κ2) is 7.91. The monoisotopic (exact) mass is 248 g/mol. The van der Waals surface area contributed by atoms with E-state index >= 15 is 0 Å². The van der Waals surface area contributed by atoms with Gasteiger partial charge in [0.2, 0.25) is 5.91 Å². The third-order valence-corrected chi connectivity index (χ3v) is 3.07. The lowest BCUT2D eigenvalue weighted by molar-refractivity contribution is -0.124. The molecule has 2 N–H and O–H groups in total. The molecule has 0 aromatic carbocycles. The van der Waals surface area contributed by atoms with Crippen LogP contribution < -0.4 is 10.6 Å². The Morgan fingerprint density at radius 2 is 1.88 bits per heavy atom. The van der Waals surface area contributed by atoms with Crippen LogP contribution >= 0.6 is 12.4 Å². The van der Waals surface area contributed by atoms with Gasteiger partial charge in [0.05, 0.1) is 6.04 Å². The molecule has 1 fully saturated rings. The minimum Gasteiger partial charge on any atom is -0.352 e. The average molecular weight is 249 g/mol. The molecule has 96 valence electrons. The maximum Gasteiger partial charge on any atom is 0.237 e. The third kappa shape index (κ3) is 5.17. The van der Waals surface area contributed by atoms with Crippen molar-refractivity contribution in [2.24, 2.45) is 5.92 Å². The van der Waals surface area contributed by atoms with Crippen molar-refractivity contribution in [1.82, 2.24) is 10.6 Å². The predicted octanol–water partition coefficient (Wildman–Crippen LogP) is 2.10. The van der Waals surface area contributed by atoms with Gasteiger partial charge in [-0.3, -0.25) is 4.79 Å². The first-order valence-electron chi connectivity index (χ1n) is 6.11. The van der Waals surface area contributed by atoms with E-state index < -0.39 is 0 Å². The topological polar surface area (TPSA) is 41.1 Å². The lowest BCUT2D eigenvalue weighted by Gasteiger charge is -2.20. The number of carbonyl (C=O) groups is 1. The van der Waals surface area contributed by atoms with Crippen LogP contribution in [0.5, 0.6) is 0 Å². The standard InChI is InChI=1S/C12H24N2O.ClH/c1-9(2)8-11(13-3)12(15)14-10-6-4-5-7-10;/h9-11,13H,4-8H2,1-3H3,(H,14,15);1H/t11-;/m0./s1. The normalized spacial score (nSPS) is 18.2. The van der Waals surface area contributed by atoms with Gasteiger partial charge in [0, 0.05) is 6.04 Å². The van der Waals surface area contributed by atoms with E-state index in [1.165, 1.54) is 12.8 Å². The van der Waals surface area contributed by atoms with E-state index in [0.29, 0.717) is 12.0 Å². The van der Waals surface area contributed by atoms with Gasteiger partial charge < -0.3 is 10.6 Å². The van der Waals surface area contributed by atoms with E-state index in [-0.39, 0.29) is 24.4 Å². The predicted molar refractivity (Wildman–Crippen MR) is 69.9 cm³/mol. The summed E-state index contributed by atoms with van der Waals surface area (Å²) < 4.78 is 0. The van der Waals surface area contributed by atoms with Gasteiger partial charge >= 0.3 is 0 Å². The van der Waals surface area contributed by atoms with Crippen molar-refractivity contribution in [3.8, 4) is 0 Å². The molecule has 0 aliphatic heterocycles. The van der Waals surface area contributed by atoms with Gasteiger partial charge in [-0.15, -0.1) is 12.4 Å². The van der Waals surface area contributed by atoms with Gasteiger partial charge in [-0.2, -0.15) is 0 Å². The van der Waals surface area contributed by atoms with Crippen LogP contribution in [0.3, 0.4) is 0 Å². The summed E-state index contributed by atoms with van der Waals surface area (Å²) >= 11 is 0. The van der Waals surface area contributed by atoms with Gasteiger partial charge in [0.25, 0.3) is 0 Å². The number of halogens is 1. The summed E-state index contributed by atoms with van der Waals surface area (Å²) in [6, 6.07) is 0.408. The maximum atomic E-state index is 11.9. The van der Waals surface area contributed by atoms with Crippen LogP contribution in [0, 0.1) is 5.92 Å². The zero-order valence-electron chi connectivity index (χ0n) is 10.6. The van der Waals surface area contributed by atoms with Crippen LogP contribution in [0.1, 0.15) is 46.0 Å². The van der Waals surface area contributed by atoms with Crippen molar-refractivity contribution < 1.29 is 4.79 Å². The SMILES string of the molecule is CN[C@@H](CC(C)C)C(=O)NC1CCCC1.Cl. The molecule has 0 aromatic heterocycles. The molecule has 1 amide bonds. The maximum absolute atomic E-state index is 11.9. The van der Waals surface area contributed by atoms with E-state index in [1.54, 1.807) is 0 Å². The number of hydrogen-bond acceptors (Lipinski definition) is 2. The fraction of sp³-hybridized carbons (Fsp3) is 0.917. The smallest absolute Gasteiger partial charge is 0.237 e. The van der Waals surface area contributed by atoms with Crippen LogP contribution in [-0.4, -0.2) is 25.0 Å². The Labute approximate surface area is 105 Å². The Morgan fingerprint density at radius 3 is 2.31 bits per heavy atom. The van der Waals surface area contributed by atoms with E-state index in [2.05, 4.69) is 24.5 Å². The van der Waals surface area contributed by atoms with Crippen LogP contribution in [0.2, 0.25) is 0 Å². The zero-order valence-corrected chi connectivity index (χ0v) is 11.4. The Morgan fingerprint density at radius 1 is 1.31 bits per heavy atom. The number of likely N-dealkylation sites (N-methyl/N-ethyl adjacent to an activating group) is 1. The van der Waals surface area contributed by atoms with Crippen molar-refractivity contribution in [3.63, 3.8) is 0 Å². The number of rotatable bonds is 5. The van der Waals surface area contributed by atoms with E-state index in [1.807, 2.05) is 7.05 Å². The molecule has 4 heteroatoms. The number of carbonyl (C=O) groups excluding carboxylic acids is 1. The highest BCUT2D eigenvalue weighted by Gasteiger charge is 2.22. The number of hydrogen-bond donors (Lipinski definition) is 2. The highest BCUT2D eigenvalue weighted by molar-refractivity contribution is 5.85. The molecule has 1 aliphatic rings. The van der Waals surface area contributed by atoms with Gasteiger partial charge in [-0.1, -0.05) is 26.7 Å². The third-order valence-electron chi connectivity index (χ3n) is 3.07. The summed E-state index contributed by atoms with van der Waals surface area (Å²) in [5.41, 5.74) is 0. The first-order chi connectivity index (χ1) is 7.13. The fourth-order valence-electron chi connectivity index (χ4n) is 2.20. The molecule has 1 atom stereocenters. The van der Waals surface area contributed by atoms with Crippen LogP contribution in [-0.2, 0) is 4.79 Å². The molecule has 0 spiro atoms. The highest BCUT2D eigenvalue weighted by Crippen LogP contribution is 2.18. The fourth-order valence-corrected chi connectivity index (χ4v) is 2.20. The minimum atomic E-state index is -0.0226. The quantitative estimate of drug-likeness (QED) is 0.783. The molecule has 1 saturated carbocycles. The molecule has 0 unspecified atom stereocenters. The summed E-state index contributed by atoms with van der Waals surface area (Å²) in [6.07, 6.45) is 5.75. The van der Waals surface area contributed by atoms with Crippen molar-refractivity contribution in [2.75, 3.05) is 7.05 Å². The van der Waals surface area contributed by atoms with Gasteiger partial charge in [-0.05, 0) is 32.2 Å². The lowest BCUT2D eigenvalue weighted by atomic mass is 10.0. The molecule has 1 aliphatic carbocycles. The lowest BCUT2D eigenvalue weighted by Crippen LogP contribution is -2.46. The van der Waals surface area contributed by atoms with Gasteiger partial charge in [0.1, 0.15) is 0 Å². The number of nitrogens with one attached hydrogen (secondary N) is 2. The van der Waals surface area contributed by atoms with E-state index in [4.69, 9.17) is 0 Å². The second-order valence-electron chi connectivity index (χ2n) is 4.96. The Hall–Kier alpha value is -0.280. The van der Waals surface area contributed by atoms with Crippen molar-refractivity contribution in [3.05, 3.63) is 0 Å². The van der Waals surface area contributed by atoms with Crippen LogP contribution in [0.25, 0.3) is 0 Å². The first-order valence-corrected chi connectivity index (χ1v) is 6.11. The Kier molecular flexibility index (Phi) is 7.77. The molecule has 0 radical (unpaired) electrons. The van der Waals surface area contributed by atoms with Crippen molar-refractivity contribution >= 4 is 18.3 Å². The first kappa shape index (κ1) is 15.7. The molecule has 3 nitrogen and oxygen atoms in total. The van der Waals surface area contributed by atoms with Crippen molar-refractivity contribution in [1.29, 1.82) is 0 Å².